The fourth-order valence-corrected chi connectivity index (χ4v) is 3.39. The number of ether oxygens (including phenoxy) is 2. The monoisotopic (exact) mass is 345 g/mol. The van der Waals surface area contributed by atoms with E-state index in [1.54, 1.807) is 38.5 Å². The molecule has 1 aliphatic heterocycles. The Labute approximate surface area is 146 Å². The van der Waals surface area contributed by atoms with E-state index in [4.69, 9.17) is 21.1 Å². The van der Waals surface area contributed by atoms with Gasteiger partial charge in [0.05, 0.1) is 20.3 Å². The third-order valence-electron chi connectivity index (χ3n) is 4.38. The van der Waals surface area contributed by atoms with Crippen molar-refractivity contribution in [2.24, 2.45) is 0 Å². The van der Waals surface area contributed by atoms with Crippen molar-refractivity contribution in [3.05, 3.63) is 58.6 Å². The normalized spacial score (nSPS) is 17.0. The van der Waals surface area contributed by atoms with E-state index in [1.807, 2.05) is 23.1 Å². The topological polar surface area (TPSA) is 38.8 Å². The number of benzene rings is 2. The van der Waals surface area contributed by atoms with E-state index < -0.39 is 0 Å². The quantitative estimate of drug-likeness (QED) is 0.827. The van der Waals surface area contributed by atoms with Crippen molar-refractivity contribution in [1.82, 2.24) is 4.90 Å². The number of hydrogen-bond acceptors (Lipinski definition) is 3. The number of carbonyl (C=O) groups excluding carboxylic acids is 1. The van der Waals surface area contributed by atoms with Crippen LogP contribution < -0.4 is 9.47 Å². The summed E-state index contributed by atoms with van der Waals surface area (Å²) >= 11 is 6.02. The summed E-state index contributed by atoms with van der Waals surface area (Å²) in [5.41, 5.74) is 1.68. The third-order valence-corrected chi connectivity index (χ3v) is 4.61. The molecule has 1 amide bonds. The molecule has 0 saturated carbocycles. The summed E-state index contributed by atoms with van der Waals surface area (Å²) < 4.78 is 10.7. The van der Waals surface area contributed by atoms with Crippen molar-refractivity contribution in [2.75, 3.05) is 20.8 Å². The lowest BCUT2D eigenvalue weighted by Crippen LogP contribution is -2.30. The minimum atomic E-state index is 0.00906. The van der Waals surface area contributed by atoms with E-state index in [-0.39, 0.29) is 11.9 Å². The van der Waals surface area contributed by atoms with Crippen LogP contribution in [0.15, 0.2) is 42.5 Å². The van der Waals surface area contributed by atoms with Crippen molar-refractivity contribution in [2.45, 2.75) is 18.9 Å². The van der Waals surface area contributed by atoms with E-state index >= 15 is 0 Å². The number of carbonyl (C=O) groups is 1. The van der Waals surface area contributed by atoms with Gasteiger partial charge in [-0.1, -0.05) is 23.7 Å². The second-order valence-corrected chi connectivity index (χ2v) is 6.22. The minimum absolute atomic E-state index is 0.00906. The van der Waals surface area contributed by atoms with Gasteiger partial charge in [0.15, 0.2) is 11.5 Å². The molecular formula is C19H20ClNO3. The largest absolute Gasteiger partial charge is 0.493 e. The predicted molar refractivity (Wildman–Crippen MR) is 94.0 cm³/mol. The predicted octanol–water partition coefficient (Wildman–Crippen LogP) is 4.33. The van der Waals surface area contributed by atoms with E-state index in [0.29, 0.717) is 22.1 Å². The Morgan fingerprint density at radius 1 is 1.12 bits per heavy atom. The molecule has 1 atom stereocenters. The lowest BCUT2D eigenvalue weighted by Gasteiger charge is -2.26. The Bertz CT molecular complexity index is 747. The van der Waals surface area contributed by atoms with Crippen LogP contribution in [0.25, 0.3) is 0 Å². The number of likely N-dealkylation sites (tertiary alicyclic amines) is 1. The lowest BCUT2D eigenvalue weighted by atomic mass is 10.0. The van der Waals surface area contributed by atoms with Gasteiger partial charge in [0.2, 0.25) is 0 Å². The summed E-state index contributed by atoms with van der Waals surface area (Å²) in [6.45, 7) is 0.740. The van der Waals surface area contributed by atoms with Crippen molar-refractivity contribution >= 4 is 17.5 Å². The highest BCUT2D eigenvalue weighted by molar-refractivity contribution is 6.30. The van der Waals surface area contributed by atoms with Gasteiger partial charge < -0.3 is 14.4 Å². The van der Waals surface area contributed by atoms with Crippen LogP contribution in [-0.4, -0.2) is 31.6 Å². The maximum absolute atomic E-state index is 12.9. The number of hydrogen-bond donors (Lipinski definition) is 0. The Kier molecular flexibility index (Phi) is 4.95. The Morgan fingerprint density at radius 2 is 1.92 bits per heavy atom. The van der Waals surface area contributed by atoms with Crippen LogP contribution in [0.5, 0.6) is 11.5 Å². The van der Waals surface area contributed by atoms with Gasteiger partial charge in [-0.2, -0.15) is 0 Å². The van der Waals surface area contributed by atoms with Crippen molar-refractivity contribution in [1.29, 1.82) is 0 Å². The highest BCUT2D eigenvalue weighted by Gasteiger charge is 2.31. The first-order chi connectivity index (χ1) is 11.6. The molecule has 1 heterocycles. The molecule has 0 aromatic heterocycles. The van der Waals surface area contributed by atoms with Crippen molar-refractivity contribution < 1.29 is 14.3 Å². The highest BCUT2D eigenvalue weighted by atomic mass is 35.5. The highest BCUT2D eigenvalue weighted by Crippen LogP contribution is 2.37. The summed E-state index contributed by atoms with van der Waals surface area (Å²) in [5, 5.41) is 0.572. The van der Waals surface area contributed by atoms with Crippen LogP contribution in [0.4, 0.5) is 0 Å². The van der Waals surface area contributed by atoms with Crippen LogP contribution in [0.2, 0.25) is 5.02 Å². The van der Waals surface area contributed by atoms with E-state index in [2.05, 4.69) is 0 Å². The van der Waals surface area contributed by atoms with Crippen LogP contribution in [0, 0.1) is 0 Å². The molecule has 5 heteroatoms. The first kappa shape index (κ1) is 16.7. The zero-order valence-electron chi connectivity index (χ0n) is 13.8. The number of amides is 1. The maximum atomic E-state index is 12.9. The van der Waals surface area contributed by atoms with Crippen molar-refractivity contribution in [3.63, 3.8) is 0 Å². The Hall–Kier alpha value is -2.20. The second kappa shape index (κ2) is 7.14. The summed E-state index contributed by atoms with van der Waals surface area (Å²) in [6, 6.07) is 13.0. The molecule has 3 rings (SSSR count). The molecule has 0 N–H and O–H groups in total. The van der Waals surface area contributed by atoms with Gasteiger partial charge in [-0.25, -0.2) is 0 Å². The van der Waals surface area contributed by atoms with Crippen LogP contribution >= 0.6 is 11.6 Å². The standard InChI is InChI=1S/C19H20ClNO3/c1-23-17-9-8-13(12-18(17)24-2)16-7-4-10-21(16)19(22)14-5-3-6-15(20)11-14/h3,5-6,8-9,11-12,16H,4,7,10H2,1-2H3. The fourth-order valence-electron chi connectivity index (χ4n) is 3.20. The summed E-state index contributed by atoms with van der Waals surface area (Å²) in [7, 11) is 3.23. The first-order valence-corrected chi connectivity index (χ1v) is 8.30. The van der Waals surface area contributed by atoms with Gasteiger partial charge in [-0.3, -0.25) is 4.79 Å². The lowest BCUT2D eigenvalue weighted by molar-refractivity contribution is 0.0735. The molecule has 1 unspecified atom stereocenters. The van der Waals surface area contributed by atoms with E-state index in [1.165, 1.54) is 0 Å². The average Bonchev–Trinajstić information content (AvgIpc) is 3.10. The molecule has 0 bridgehead atoms. The van der Waals surface area contributed by atoms with Crippen LogP contribution in [-0.2, 0) is 0 Å². The van der Waals surface area contributed by atoms with Crippen LogP contribution in [0.3, 0.4) is 0 Å². The molecule has 2 aromatic carbocycles. The average molecular weight is 346 g/mol. The molecule has 4 nitrogen and oxygen atoms in total. The smallest absolute Gasteiger partial charge is 0.254 e. The fraction of sp³-hybridized carbons (Fsp3) is 0.316. The van der Waals surface area contributed by atoms with Crippen molar-refractivity contribution in [3.8, 4) is 11.5 Å². The second-order valence-electron chi connectivity index (χ2n) is 5.78. The van der Waals surface area contributed by atoms with Gasteiger partial charge in [0.25, 0.3) is 5.91 Å². The zero-order chi connectivity index (χ0) is 17.1. The summed E-state index contributed by atoms with van der Waals surface area (Å²) in [5.74, 6) is 1.37. The molecule has 1 aliphatic rings. The molecule has 24 heavy (non-hydrogen) atoms. The van der Waals surface area contributed by atoms with Gasteiger partial charge in [0, 0.05) is 17.1 Å². The number of methoxy groups -OCH3 is 2. The van der Waals surface area contributed by atoms with Gasteiger partial charge >= 0.3 is 0 Å². The Morgan fingerprint density at radius 3 is 2.62 bits per heavy atom. The molecule has 0 aliphatic carbocycles. The summed E-state index contributed by atoms with van der Waals surface area (Å²) in [6.07, 6.45) is 1.91. The minimum Gasteiger partial charge on any atom is -0.493 e. The summed E-state index contributed by atoms with van der Waals surface area (Å²) in [4.78, 5) is 14.8. The maximum Gasteiger partial charge on any atom is 0.254 e. The molecule has 2 aromatic rings. The zero-order valence-corrected chi connectivity index (χ0v) is 14.5. The molecule has 0 radical (unpaired) electrons. The van der Waals surface area contributed by atoms with E-state index in [9.17, 15) is 4.79 Å². The molecule has 1 saturated heterocycles. The first-order valence-electron chi connectivity index (χ1n) is 7.92. The Balaban J connectivity index is 1.89. The van der Waals surface area contributed by atoms with Gasteiger partial charge in [0.1, 0.15) is 0 Å². The molecular weight excluding hydrogens is 326 g/mol. The SMILES string of the molecule is COc1ccc(C2CCCN2C(=O)c2cccc(Cl)c2)cc1OC. The number of halogens is 1. The van der Waals surface area contributed by atoms with Gasteiger partial charge in [-0.15, -0.1) is 0 Å². The number of rotatable bonds is 4. The van der Waals surface area contributed by atoms with Crippen LogP contribution in [0.1, 0.15) is 34.8 Å². The molecule has 0 spiro atoms. The third kappa shape index (κ3) is 3.20. The number of nitrogens with zero attached hydrogens (tertiary/aromatic N) is 1. The molecule has 1 fully saturated rings. The van der Waals surface area contributed by atoms with E-state index in [0.717, 1.165) is 24.9 Å². The van der Waals surface area contributed by atoms with Gasteiger partial charge in [-0.05, 0) is 48.7 Å². The molecule has 126 valence electrons.